The Morgan fingerprint density at radius 3 is 2.21 bits per heavy atom. The predicted octanol–water partition coefficient (Wildman–Crippen LogP) is 0.342. The number of carboxylic acid groups (broad SMARTS) is 1. The van der Waals surface area contributed by atoms with Crippen LogP contribution in [0.1, 0.15) is 21.5 Å². The molecule has 0 radical (unpaired) electrons. The Morgan fingerprint density at radius 1 is 0.853 bits per heavy atom. The molecule has 0 unspecified atom stereocenters. The molecule has 166 valence electrons. The quantitative estimate of drug-likeness (QED) is 0.203. The number of Topliss-reactive ketones (excluding diaryl/α,β-unsaturated/α-hetero) is 1. The van der Waals surface area contributed by atoms with Gasteiger partial charge < -0.3 is 19.4 Å². The Hall–Kier alpha value is -3.04. The number of carboxylic acids is 1. The number of ketones is 1. The monoisotopic (exact) mass is 482 g/mol. The summed E-state index contributed by atoms with van der Waals surface area (Å²) in [5, 5.41) is 12.4. The van der Waals surface area contributed by atoms with Crippen molar-refractivity contribution in [2.45, 2.75) is 6.42 Å². The Labute approximate surface area is 222 Å². The molecule has 0 saturated carbocycles. The second-order valence-corrected chi connectivity index (χ2v) is 7.72. The summed E-state index contributed by atoms with van der Waals surface area (Å²) in [5.74, 6) is -0.673. The molecule has 4 rings (SSSR count). The van der Waals surface area contributed by atoms with E-state index in [4.69, 9.17) is 9.47 Å². The van der Waals surface area contributed by atoms with Crippen LogP contribution in [0, 0.1) is 0 Å². The van der Waals surface area contributed by atoms with Crippen LogP contribution in [0.15, 0.2) is 72.3 Å². The topological polar surface area (TPSA) is 101 Å². The number of benzene rings is 3. The molecule has 0 fully saturated rings. The van der Waals surface area contributed by atoms with Crippen LogP contribution < -0.4 is 44.1 Å². The number of aromatic nitrogens is 2. The second kappa shape index (κ2) is 11.4. The van der Waals surface area contributed by atoms with E-state index >= 15 is 0 Å². The molecule has 7 nitrogen and oxygen atoms in total. The first kappa shape index (κ1) is 25.6. The van der Waals surface area contributed by atoms with Crippen molar-refractivity contribution >= 4 is 40.1 Å². The summed E-state index contributed by atoms with van der Waals surface area (Å²) in [6.07, 6.45) is 0.0682. The van der Waals surface area contributed by atoms with Crippen molar-refractivity contribution in [2.24, 2.45) is 0 Å². The zero-order valence-electron chi connectivity index (χ0n) is 18.9. The summed E-state index contributed by atoms with van der Waals surface area (Å²) in [5.41, 5.74) is 2.50. The average molecular weight is 482 g/mol. The number of methoxy groups -OCH3 is 2. The van der Waals surface area contributed by atoms with Gasteiger partial charge in [-0.25, -0.2) is 0 Å². The SMILES string of the molecule is COc1ccc(C(=O)/C(Cc2cccc(OC)c2)=C(/C(=O)[O-])c2ccc3nsnc3c2)cc1.[Na+]. The Bertz CT molecular complexity index is 1370. The van der Waals surface area contributed by atoms with E-state index in [-0.39, 0.29) is 47.1 Å². The van der Waals surface area contributed by atoms with Gasteiger partial charge in [0.15, 0.2) is 5.78 Å². The van der Waals surface area contributed by atoms with Gasteiger partial charge in [-0.05, 0) is 59.7 Å². The molecule has 0 saturated heterocycles. The van der Waals surface area contributed by atoms with E-state index in [0.29, 0.717) is 33.7 Å². The van der Waals surface area contributed by atoms with Crippen LogP contribution in [-0.4, -0.2) is 34.7 Å². The van der Waals surface area contributed by atoms with E-state index in [1.807, 2.05) is 6.07 Å². The molecular formula is C25H19N2NaO5S. The van der Waals surface area contributed by atoms with Crippen molar-refractivity contribution < 1.29 is 53.7 Å². The smallest absolute Gasteiger partial charge is 0.545 e. The van der Waals surface area contributed by atoms with Crippen molar-refractivity contribution in [1.29, 1.82) is 0 Å². The molecule has 3 aromatic carbocycles. The molecule has 0 aliphatic carbocycles. The van der Waals surface area contributed by atoms with E-state index in [9.17, 15) is 14.7 Å². The van der Waals surface area contributed by atoms with E-state index < -0.39 is 11.8 Å². The number of carbonyl (C=O) groups excluding carboxylic acids is 2. The first-order valence-corrected chi connectivity index (χ1v) is 10.7. The van der Waals surface area contributed by atoms with Crippen molar-refractivity contribution in [3.05, 3.63) is 89.0 Å². The Balaban J connectivity index is 0.00000324. The van der Waals surface area contributed by atoms with Gasteiger partial charge in [-0.2, -0.15) is 8.75 Å². The summed E-state index contributed by atoms with van der Waals surface area (Å²) < 4.78 is 18.8. The van der Waals surface area contributed by atoms with Crippen LogP contribution in [0.4, 0.5) is 0 Å². The standard InChI is InChI=1S/C25H20N2O5S.Na/c1-31-18-9-6-16(7-10-18)24(28)20(13-15-4-3-5-19(12-15)32-2)23(25(29)30)17-8-11-21-22(14-17)27-33-26-21;/h3-12,14H,13H2,1-2H3,(H,29,30);/q;+1/p-1/b23-20+;. The molecule has 0 aliphatic rings. The maximum Gasteiger partial charge on any atom is 1.00 e. The minimum Gasteiger partial charge on any atom is -0.545 e. The number of hydrogen-bond donors (Lipinski definition) is 0. The van der Waals surface area contributed by atoms with Gasteiger partial charge in [0.25, 0.3) is 0 Å². The van der Waals surface area contributed by atoms with Gasteiger partial charge in [0.05, 0.1) is 31.9 Å². The molecule has 9 heteroatoms. The van der Waals surface area contributed by atoms with Crippen molar-refractivity contribution in [1.82, 2.24) is 8.75 Å². The van der Waals surface area contributed by atoms with E-state index in [0.717, 1.165) is 17.3 Å². The van der Waals surface area contributed by atoms with Gasteiger partial charge in [0.1, 0.15) is 22.5 Å². The number of carbonyl (C=O) groups is 2. The third-order valence-corrected chi connectivity index (χ3v) is 5.75. The number of nitrogens with zero attached hydrogens (tertiary/aromatic N) is 2. The van der Waals surface area contributed by atoms with E-state index in [1.54, 1.807) is 67.8 Å². The van der Waals surface area contributed by atoms with Crippen molar-refractivity contribution in [3.63, 3.8) is 0 Å². The van der Waals surface area contributed by atoms with Crippen LogP contribution in [0.25, 0.3) is 16.6 Å². The van der Waals surface area contributed by atoms with Crippen molar-refractivity contribution in [2.75, 3.05) is 14.2 Å². The normalized spacial score (nSPS) is 11.4. The average Bonchev–Trinajstić information content (AvgIpc) is 3.31. The van der Waals surface area contributed by atoms with Crippen LogP contribution in [0.2, 0.25) is 0 Å². The summed E-state index contributed by atoms with van der Waals surface area (Å²) in [7, 11) is 3.07. The van der Waals surface area contributed by atoms with Gasteiger partial charge >= 0.3 is 29.6 Å². The molecule has 34 heavy (non-hydrogen) atoms. The van der Waals surface area contributed by atoms with Gasteiger partial charge in [-0.15, -0.1) is 0 Å². The molecular weight excluding hydrogens is 463 g/mol. The summed E-state index contributed by atoms with van der Waals surface area (Å²) in [6, 6.07) is 18.6. The fourth-order valence-corrected chi connectivity index (χ4v) is 4.06. The van der Waals surface area contributed by atoms with Crippen LogP contribution in [-0.2, 0) is 11.2 Å². The van der Waals surface area contributed by atoms with Crippen LogP contribution in [0.5, 0.6) is 11.5 Å². The maximum absolute atomic E-state index is 13.6. The fourth-order valence-electron chi connectivity index (χ4n) is 3.54. The Morgan fingerprint density at radius 2 is 1.53 bits per heavy atom. The fraction of sp³-hybridized carbons (Fsp3) is 0.120. The predicted molar refractivity (Wildman–Crippen MR) is 123 cm³/mol. The molecule has 0 aliphatic heterocycles. The maximum atomic E-state index is 13.6. The molecule has 1 aromatic heterocycles. The zero-order chi connectivity index (χ0) is 23.4. The zero-order valence-corrected chi connectivity index (χ0v) is 21.7. The van der Waals surface area contributed by atoms with Gasteiger partial charge in [0, 0.05) is 23.1 Å². The van der Waals surface area contributed by atoms with Gasteiger partial charge in [-0.3, -0.25) is 4.79 Å². The molecule has 0 atom stereocenters. The molecule has 0 spiro atoms. The second-order valence-electron chi connectivity index (χ2n) is 7.19. The molecule has 4 aromatic rings. The van der Waals surface area contributed by atoms with Crippen molar-refractivity contribution in [3.8, 4) is 11.5 Å². The third-order valence-electron chi connectivity index (χ3n) is 5.19. The number of hydrogen-bond acceptors (Lipinski definition) is 8. The summed E-state index contributed by atoms with van der Waals surface area (Å²) >= 11 is 1.03. The molecule has 0 N–H and O–H groups in total. The summed E-state index contributed by atoms with van der Waals surface area (Å²) in [4.78, 5) is 26.0. The third kappa shape index (κ3) is 5.53. The molecule has 0 amide bonds. The van der Waals surface area contributed by atoms with E-state index in [1.165, 1.54) is 7.11 Å². The number of rotatable bonds is 8. The number of aliphatic carboxylic acids is 1. The Kier molecular flexibility index (Phi) is 8.57. The minimum absolute atomic E-state index is 0. The minimum atomic E-state index is -1.45. The van der Waals surface area contributed by atoms with Gasteiger partial charge in [0.2, 0.25) is 0 Å². The number of ether oxygens (including phenoxy) is 2. The van der Waals surface area contributed by atoms with E-state index in [2.05, 4.69) is 8.75 Å². The first-order valence-electron chi connectivity index (χ1n) is 9.99. The first-order chi connectivity index (χ1) is 16.0. The summed E-state index contributed by atoms with van der Waals surface area (Å²) in [6.45, 7) is 0. The molecule has 1 heterocycles. The molecule has 0 bridgehead atoms. The number of allylic oxidation sites excluding steroid dienone is 1. The number of fused-ring (bicyclic) bond motifs is 1. The van der Waals surface area contributed by atoms with Crippen LogP contribution >= 0.6 is 11.7 Å². The van der Waals surface area contributed by atoms with Crippen LogP contribution in [0.3, 0.4) is 0 Å². The largest absolute Gasteiger partial charge is 1.00 e. The van der Waals surface area contributed by atoms with Gasteiger partial charge in [-0.1, -0.05) is 18.2 Å².